The van der Waals surface area contributed by atoms with E-state index in [1.165, 1.54) is 24.8 Å². The Morgan fingerprint density at radius 3 is 2.82 bits per heavy atom. The number of allylic oxidation sites excluding steroid dienone is 4. The van der Waals surface area contributed by atoms with Gasteiger partial charge in [-0.05, 0) is 85.3 Å². The fraction of sp³-hybridized carbons (Fsp3) is 0.750. The van der Waals surface area contributed by atoms with Crippen LogP contribution in [0.25, 0.3) is 0 Å². The quantitative estimate of drug-likeness (QED) is 0.788. The zero-order valence-corrected chi connectivity index (χ0v) is 13.9. The number of aliphatic hydroxyl groups is 1. The van der Waals surface area contributed by atoms with Gasteiger partial charge in [0.15, 0.2) is 5.78 Å². The minimum Gasteiger partial charge on any atom is -0.393 e. The Morgan fingerprint density at radius 1 is 1.23 bits per heavy atom. The van der Waals surface area contributed by atoms with E-state index < -0.39 is 0 Å². The number of aliphatic hydroxyl groups excluding tert-OH is 1. The molecule has 0 bridgehead atoms. The Kier molecular flexibility index (Phi) is 3.38. The first-order valence-corrected chi connectivity index (χ1v) is 9.19. The molecule has 0 saturated heterocycles. The molecule has 2 unspecified atom stereocenters. The molecule has 0 amide bonds. The summed E-state index contributed by atoms with van der Waals surface area (Å²) in [5.41, 5.74) is 4.72. The third-order valence-corrected chi connectivity index (χ3v) is 7.28. The Hall–Kier alpha value is -0.890. The fourth-order valence-corrected chi connectivity index (χ4v) is 6.17. The number of fused-ring (bicyclic) bond motifs is 4. The highest BCUT2D eigenvalue weighted by molar-refractivity contribution is 5.93. The summed E-state index contributed by atoms with van der Waals surface area (Å²) in [5, 5.41) is 10.6. The average molecular weight is 300 g/mol. The second-order valence-electron chi connectivity index (χ2n) is 8.23. The summed E-state index contributed by atoms with van der Waals surface area (Å²) < 4.78 is 0. The van der Waals surface area contributed by atoms with Gasteiger partial charge in [-0.25, -0.2) is 0 Å². The molecule has 0 radical (unpaired) electrons. The molecule has 2 nitrogen and oxygen atoms in total. The van der Waals surface area contributed by atoms with Gasteiger partial charge in [-0.3, -0.25) is 4.79 Å². The van der Waals surface area contributed by atoms with E-state index >= 15 is 0 Å². The first-order valence-electron chi connectivity index (χ1n) is 9.19. The van der Waals surface area contributed by atoms with Gasteiger partial charge in [0.05, 0.1) is 6.10 Å². The van der Waals surface area contributed by atoms with Gasteiger partial charge in [-0.1, -0.05) is 19.4 Å². The summed E-state index contributed by atoms with van der Waals surface area (Å²) in [5.74, 6) is 2.27. The Balaban J connectivity index is 1.81. The van der Waals surface area contributed by atoms with Crippen molar-refractivity contribution < 1.29 is 9.90 Å². The highest BCUT2D eigenvalue weighted by atomic mass is 16.3. The monoisotopic (exact) mass is 300 g/mol. The molecule has 4 rings (SSSR count). The SMILES string of the molecule is CC[C@H]1C[C@@]2(C)C(CC[C@@H]2O)C2CCC3=CC(=O)CCC3=C21. The standard InChI is InChI=1S/C20H28O2/c1-3-12-11-20(2)17(8-9-18(20)22)16-6-4-13-10-14(21)5-7-15(13)19(12)16/h10,12,16-18,22H,3-9,11H2,1-2H3/t12-,16?,17?,18-,20-/m0/s1. The van der Waals surface area contributed by atoms with Crippen molar-refractivity contribution >= 4 is 5.78 Å². The molecule has 4 aliphatic rings. The van der Waals surface area contributed by atoms with Crippen molar-refractivity contribution in [2.24, 2.45) is 23.2 Å². The molecular weight excluding hydrogens is 272 g/mol. The van der Waals surface area contributed by atoms with Crippen LogP contribution in [0.4, 0.5) is 0 Å². The molecular formula is C20H28O2. The van der Waals surface area contributed by atoms with Crippen LogP contribution in [0.1, 0.15) is 65.2 Å². The number of hydrogen-bond acceptors (Lipinski definition) is 2. The number of carbonyl (C=O) groups is 1. The summed E-state index contributed by atoms with van der Waals surface area (Å²) in [6.45, 7) is 4.64. The number of rotatable bonds is 1. The second-order valence-corrected chi connectivity index (χ2v) is 8.23. The van der Waals surface area contributed by atoms with Crippen molar-refractivity contribution in [1.82, 2.24) is 0 Å². The molecule has 0 heterocycles. The Labute approximate surface area is 133 Å². The number of ketones is 1. The van der Waals surface area contributed by atoms with Crippen LogP contribution in [-0.4, -0.2) is 17.0 Å². The third kappa shape index (κ3) is 1.92. The van der Waals surface area contributed by atoms with Crippen molar-refractivity contribution in [2.45, 2.75) is 71.3 Å². The van der Waals surface area contributed by atoms with Crippen LogP contribution in [0.2, 0.25) is 0 Å². The summed E-state index contributed by atoms with van der Waals surface area (Å²) >= 11 is 0. The maximum Gasteiger partial charge on any atom is 0.156 e. The van der Waals surface area contributed by atoms with E-state index in [1.54, 1.807) is 11.1 Å². The maximum atomic E-state index is 11.8. The topological polar surface area (TPSA) is 37.3 Å². The van der Waals surface area contributed by atoms with Gasteiger partial charge in [0.2, 0.25) is 0 Å². The third-order valence-electron chi connectivity index (χ3n) is 7.28. The van der Waals surface area contributed by atoms with E-state index in [0.29, 0.717) is 30.0 Å². The lowest BCUT2D eigenvalue weighted by Gasteiger charge is -2.51. The fourth-order valence-electron chi connectivity index (χ4n) is 6.17. The normalized spacial score (nSPS) is 44.3. The summed E-state index contributed by atoms with van der Waals surface area (Å²) in [6.07, 6.45) is 10.3. The molecule has 22 heavy (non-hydrogen) atoms. The van der Waals surface area contributed by atoms with E-state index in [2.05, 4.69) is 13.8 Å². The van der Waals surface area contributed by atoms with Crippen LogP contribution in [0.15, 0.2) is 22.8 Å². The molecule has 1 N–H and O–H groups in total. The van der Waals surface area contributed by atoms with E-state index in [0.717, 1.165) is 25.7 Å². The lowest BCUT2D eigenvalue weighted by molar-refractivity contribution is -0.114. The molecule has 0 aromatic heterocycles. The minimum atomic E-state index is -0.108. The molecule has 0 aromatic rings. The van der Waals surface area contributed by atoms with E-state index in [1.807, 2.05) is 6.08 Å². The van der Waals surface area contributed by atoms with Gasteiger partial charge in [0.25, 0.3) is 0 Å². The van der Waals surface area contributed by atoms with Crippen molar-refractivity contribution in [3.63, 3.8) is 0 Å². The molecule has 5 atom stereocenters. The largest absolute Gasteiger partial charge is 0.393 e. The predicted octanol–water partition coefficient (Wildman–Crippen LogP) is 4.19. The van der Waals surface area contributed by atoms with E-state index in [9.17, 15) is 9.90 Å². The molecule has 2 saturated carbocycles. The predicted molar refractivity (Wildman–Crippen MR) is 87.3 cm³/mol. The lowest BCUT2D eigenvalue weighted by Crippen LogP contribution is -2.45. The number of carbonyl (C=O) groups excluding carboxylic acids is 1. The highest BCUT2D eigenvalue weighted by Gasteiger charge is 2.55. The molecule has 120 valence electrons. The maximum absolute atomic E-state index is 11.8. The first-order chi connectivity index (χ1) is 10.5. The van der Waals surface area contributed by atoms with Crippen LogP contribution >= 0.6 is 0 Å². The Bertz CT molecular complexity index is 570. The van der Waals surface area contributed by atoms with Gasteiger partial charge in [-0.2, -0.15) is 0 Å². The van der Waals surface area contributed by atoms with Gasteiger partial charge < -0.3 is 5.11 Å². The molecule has 4 aliphatic carbocycles. The van der Waals surface area contributed by atoms with Crippen molar-refractivity contribution in [3.05, 3.63) is 22.8 Å². The van der Waals surface area contributed by atoms with Gasteiger partial charge in [0.1, 0.15) is 0 Å². The van der Waals surface area contributed by atoms with Gasteiger partial charge >= 0.3 is 0 Å². The second kappa shape index (κ2) is 5.06. The number of hydrogen-bond donors (Lipinski definition) is 1. The Morgan fingerprint density at radius 2 is 2.05 bits per heavy atom. The van der Waals surface area contributed by atoms with Crippen molar-refractivity contribution in [1.29, 1.82) is 0 Å². The smallest absolute Gasteiger partial charge is 0.156 e. The van der Waals surface area contributed by atoms with Crippen molar-refractivity contribution in [2.75, 3.05) is 0 Å². The van der Waals surface area contributed by atoms with Crippen molar-refractivity contribution in [3.8, 4) is 0 Å². The molecule has 2 fully saturated rings. The molecule has 0 spiro atoms. The van der Waals surface area contributed by atoms with Crippen LogP contribution in [0.3, 0.4) is 0 Å². The van der Waals surface area contributed by atoms with Gasteiger partial charge in [-0.15, -0.1) is 0 Å². The van der Waals surface area contributed by atoms with Crippen LogP contribution in [-0.2, 0) is 4.79 Å². The van der Waals surface area contributed by atoms with Crippen LogP contribution in [0, 0.1) is 23.2 Å². The summed E-state index contributed by atoms with van der Waals surface area (Å²) in [6, 6.07) is 0. The average Bonchev–Trinajstić information content (AvgIpc) is 2.81. The minimum absolute atomic E-state index is 0.108. The highest BCUT2D eigenvalue weighted by Crippen LogP contribution is 2.62. The summed E-state index contributed by atoms with van der Waals surface area (Å²) in [4.78, 5) is 11.8. The zero-order valence-electron chi connectivity index (χ0n) is 13.9. The van der Waals surface area contributed by atoms with Gasteiger partial charge in [0, 0.05) is 6.42 Å². The van der Waals surface area contributed by atoms with Crippen LogP contribution < -0.4 is 0 Å². The molecule has 2 heteroatoms. The van der Waals surface area contributed by atoms with E-state index in [4.69, 9.17) is 0 Å². The van der Waals surface area contributed by atoms with E-state index in [-0.39, 0.29) is 11.5 Å². The molecule has 0 aliphatic heterocycles. The van der Waals surface area contributed by atoms with Crippen LogP contribution in [0.5, 0.6) is 0 Å². The first kappa shape index (κ1) is 14.7. The molecule has 0 aromatic carbocycles. The lowest BCUT2D eigenvalue weighted by atomic mass is 9.53. The summed E-state index contributed by atoms with van der Waals surface area (Å²) in [7, 11) is 0. The zero-order chi connectivity index (χ0) is 15.5.